The molecule has 1 saturated heterocycles. The largest absolute Gasteiger partial charge is 1.00 e. The maximum atomic E-state index is 12.2. The summed E-state index contributed by atoms with van der Waals surface area (Å²) >= 11 is 17.4. The normalized spacial score (nSPS) is 16.0. The van der Waals surface area contributed by atoms with Crippen molar-refractivity contribution in [3.05, 3.63) is 35.9 Å². The van der Waals surface area contributed by atoms with Crippen LogP contribution in [-0.4, -0.2) is 50.5 Å². The van der Waals surface area contributed by atoms with Crippen molar-refractivity contribution >= 4 is 58.7 Å². The number of benzene rings is 1. The number of amides is 3. The van der Waals surface area contributed by atoms with Crippen molar-refractivity contribution in [3.63, 3.8) is 0 Å². The van der Waals surface area contributed by atoms with Gasteiger partial charge in [-0.25, -0.2) is 4.79 Å². The Morgan fingerprint density at radius 2 is 1.38 bits per heavy atom. The molecule has 2 unspecified atom stereocenters. The average molecular weight is 688 g/mol. The van der Waals surface area contributed by atoms with Gasteiger partial charge in [-0.05, 0) is 25.2 Å². The van der Waals surface area contributed by atoms with Crippen LogP contribution in [0.4, 0.5) is 4.79 Å². The van der Waals surface area contributed by atoms with E-state index in [0.717, 1.165) is 41.0 Å². The zero-order chi connectivity index (χ0) is 30.7. The van der Waals surface area contributed by atoms with Crippen molar-refractivity contribution in [1.82, 2.24) is 9.62 Å². The Labute approximate surface area is 282 Å². The maximum absolute atomic E-state index is 12.2. The van der Waals surface area contributed by atoms with Crippen LogP contribution >= 0.6 is 46.8 Å². The fourth-order valence-electron chi connectivity index (χ4n) is 5.25. The van der Waals surface area contributed by atoms with Gasteiger partial charge < -0.3 is 22.2 Å². The van der Waals surface area contributed by atoms with Gasteiger partial charge in [0.05, 0.1) is 20.6 Å². The molecule has 5 nitrogen and oxygen atoms in total. The van der Waals surface area contributed by atoms with Gasteiger partial charge in [0.25, 0.3) is 9.03 Å². The first-order valence-corrected chi connectivity index (χ1v) is 17.6. The highest BCUT2D eigenvalue weighted by atomic mass is 35.6. The van der Waals surface area contributed by atoms with Crippen LogP contribution in [0.1, 0.15) is 116 Å². The van der Waals surface area contributed by atoms with E-state index < -0.39 is 15.2 Å². The number of halogens is 4. The number of urea groups is 1. The molecule has 1 aromatic rings. The molecular weight excluding hydrogens is 632 g/mol. The van der Waals surface area contributed by atoms with Gasteiger partial charge in [0, 0.05) is 17.5 Å². The molecule has 0 aliphatic carbocycles. The lowest BCUT2D eigenvalue weighted by atomic mass is 9.91. The van der Waals surface area contributed by atoms with Gasteiger partial charge in [0.15, 0.2) is 0 Å². The topological polar surface area (TPSA) is 49.4 Å². The van der Waals surface area contributed by atoms with E-state index in [1.807, 2.05) is 6.92 Å². The van der Waals surface area contributed by atoms with Gasteiger partial charge in [-0.3, -0.25) is 4.79 Å². The molecule has 1 heterocycles. The van der Waals surface area contributed by atoms with Crippen molar-refractivity contribution in [3.8, 4) is 0 Å². The summed E-state index contributed by atoms with van der Waals surface area (Å²) in [4.78, 5) is 24.0. The smallest absolute Gasteiger partial charge is 0.335 e. The van der Waals surface area contributed by atoms with E-state index in [1.54, 1.807) is 0 Å². The lowest BCUT2D eigenvalue weighted by Crippen LogP contribution is -3.00. The van der Waals surface area contributed by atoms with Gasteiger partial charge in [0.1, 0.15) is 12.6 Å². The van der Waals surface area contributed by atoms with Crippen LogP contribution < -0.4 is 17.7 Å². The second-order valence-corrected chi connectivity index (χ2v) is 16.0. The van der Waals surface area contributed by atoms with E-state index in [-0.39, 0.29) is 24.2 Å². The number of quaternary nitrogens is 1. The predicted molar refractivity (Wildman–Crippen MR) is 179 cm³/mol. The van der Waals surface area contributed by atoms with Crippen molar-refractivity contribution in [2.24, 2.45) is 5.92 Å². The Balaban J connectivity index is 0.000000790. The SMILES string of the molecule is CCCCC(CC)C1NC(=O)N(SC(Cl)(Cl)Cl)C1=O.CCCCCCCCCCCC[N+](C)(C)Cc1ccccc1.[Cl-]. The first-order chi connectivity index (χ1) is 19.4. The van der Waals surface area contributed by atoms with E-state index in [1.165, 1.54) is 76.3 Å². The first-order valence-electron chi connectivity index (χ1n) is 15.7. The molecule has 1 aliphatic heterocycles. The molecule has 0 saturated carbocycles. The number of carbonyl (C=O) groups is 2. The Morgan fingerprint density at radius 3 is 1.88 bits per heavy atom. The van der Waals surface area contributed by atoms with Crippen LogP contribution in [0.25, 0.3) is 0 Å². The average Bonchev–Trinajstić information content (AvgIpc) is 3.18. The molecule has 2 rings (SSSR count). The Kier molecular flexibility index (Phi) is 22.8. The van der Waals surface area contributed by atoms with Crippen LogP contribution in [0.2, 0.25) is 0 Å². The summed E-state index contributed by atoms with van der Waals surface area (Å²) in [6.45, 7) is 8.83. The summed E-state index contributed by atoms with van der Waals surface area (Å²) in [6, 6.07) is 9.87. The van der Waals surface area contributed by atoms with Crippen molar-refractivity contribution in [2.75, 3.05) is 20.6 Å². The van der Waals surface area contributed by atoms with Gasteiger partial charge >= 0.3 is 6.03 Å². The highest BCUT2D eigenvalue weighted by Gasteiger charge is 2.45. The predicted octanol–water partition coefficient (Wildman–Crippen LogP) is 7.29. The molecule has 244 valence electrons. The summed E-state index contributed by atoms with van der Waals surface area (Å²) in [6.07, 6.45) is 18.0. The lowest BCUT2D eigenvalue weighted by molar-refractivity contribution is -0.903. The number of unbranched alkanes of at least 4 members (excludes halogenated alkanes) is 10. The second-order valence-electron chi connectivity index (χ2n) is 11.9. The summed E-state index contributed by atoms with van der Waals surface area (Å²) in [5.41, 5.74) is 1.46. The molecule has 0 spiro atoms. The molecule has 42 heavy (non-hydrogen) atoms. The molecule has 0 radical (unpaired) electrons. The monoisotopic (exact) mass is 685 g/mol. The summed E-state index contributed by atoms with van der Waals surface area (Å²) < 4.78 is 0.292. The molecule has 3 amide bonds. The Bertz CT molecular complexity index is 856. The quantitative estimate of drug-likeness (QED) is 0.0547. The first kappa shape index (κ1) is 41.6. The van der Waals surface area contributed by atoms with Crippen LogP contribution in [0.3, 0.4) is 0 Å². The van der Waals surface area contributed by atoms with Crippen LogP contribution in [-0.2, 0) is 11.3 Å². The van der Waals surface area contributed by atoms with E-state index in [0.29, 0.717) is 11.9 Å². The van der Waals surface area contributed by atoms with E-state index in [4.69, 9.17) is 34.8 Å². The van der Waals surface area contributed by atoms with Crippen LogP contribution in [0, 0.1) is 5.92 Å². The minimum absolute atomic E-state index is 0. The summed E-state index contributed by atoms with van der Waals surface area (Å²) in [5, 5.41) is 2.68. The summed E-state index contributed by atoms with van der Waals surface area (Å²) in [7, 11) is 4.72. The van der Waals surface area contributed by atoms with Gasteiger partial charge in [-0.2, -0.15) is 4.31 Å². The molecule has 0 bridgehead atoms. The molecular formula is C32H55Cl4N3O2S. The Hall–Kier alpha value is -0.370. The van der Waals surface area contributed by atoms with E-state index in [2.05, 4.69) is 63.6 Å². The number of hydrogen-bond acceptors (Lipinski definition) is 3. The van der Waals surface area contributed by atoms with Crippen molar-refractivity contribution < 1.29 is 26.5 Å². The number of nitrogens with zero attached hydrogens (tertiary/aromatic N) is 2. The number of rotatable bonds is 19. The minimum Gasteiger partial charge on any atom is -1.00 e. The molecule has 1 fully saturated rings. The highest BCUT2D eigenvalue weighted by Crippen LogP contribution is 2.42. The third-order valence-corrected chi connectivity index (χ3v) is 8.98. The molecule has 10 heteroatoms. The third-order valence-electron chi connectivity index (χ3n) is 7.62. The molecule has 2 atom stereocenters. The number of nitrogens with one attached hydrogen (secondary N) is 1. The molecule has 1 N–H and O–H groups in total. The minimum atomic E-state index is -1.73. The zero-order valence-electron chi connectivity index (χ0n) is 26.5. The van der Waals surface area contributed by atoms with Crippen molar-refractivity contribution in [2.45, 2.75) is 126 Å². The molecule has 1 aliphatic rings. The number of imide groups is 1. The van der Waals surface area contributed by atoms with Gasteiger partial charge in [0.2, 0.25) is 0 Å². The molecule has 1 aromatic carbocycles. The highest BCUT2D eigenvalue weighted by molar-refractivity contribution is 8.03. The third kappa shape index (κ3) is 18.4. The number of hydrogen-bond donors (Lipinski definition) is 1. The number of alkyl halides is 3. The van der Waals surface area contributed by atoms with E-state index >= 15 is 0 Å². The van der Waals surface area contributed by atoms with Gasteiger partial charge in [-0.15, -0.1) is 0 Å². The van der Waals surface area contributed by atoms with Crippen molar-refractivity contribution in [1.29, 1.82) is 0 Å². The lowest BCUT2D eigenvalue weighted by Gasteiger charge is -2.30. The van der Waals surface area contributed by atoms with Crippen LogP contribution in [0.5, 0.6) is 0 Å². The fourth-order valence-corrected chi connectivity index (χ4v) is 6.41. The second kappa shape index (κ2) is 23.0. The standard InChI is InChI=1S/C21H38N.C11H17Cl3N2O2S.ClH/c1-4-5-6-7-8-9-10-11-12-16-19-22(2,3)20-21-17-14-13-15-18-21;1-3-5-6-7(4-2)8-9(17)16(10(18)15-8)19-11(12,13)14;/h13-15,17-18H,4-12,16,19-20H2,1-3H3;7-8H,3-6H2,1-2H3,(H,15,18);1H/q+1;;/p-1. The summed E-state index contributed by atoms with van der Waals surface area (Å²) in [5.74, 6) is -0.207. The molecule has 0 aromatic heterocycles. The number of carbonyl (C=O) groups excluding carboxylic acids is 2. The Morgan fingerprint density at radius 1 is 0.857 bits per heavy atom. The maximum Gasteiger partial charge on any atom is 0.335 e. The van der Waals surface area contributed by atoms with Gasteiger partial charge in [-0.1, -0.05) is 157 Å². The van der Waals surface area contributed by atoms with E-state index in [9.17, 15) is 9.59 Å². The zero-order valence-corrected chi connectivity index (χ0v) is 30.3. The van der Waals surface area contributed by atoms with Crippen LogP contribution in [0.15, 0.2) is 30.3 Å². The fraction of sp³-hybridized carbons (Fsp3) is 0.750.